The Kier molecular flexibility index (Phi) is 6.19. The number of nitrogens with zero attached hydrogens (tertiary/aromatic N) is 2. The van der Waals surface area contributed by atoms with Crippen molar-refractivity contribution in [2.45, 2.75) is 13.0 Å². The molecule has 6 nitrogen and oxygen atoms in total. The number of hydrogen-bond donors (Lipinski definition) is 2. The van der Waals surface area contributed by atoms with E-state index in [1.165, 1.54) is 5.56 Å². The smallest absolute Gasteiger partial charge is 0.230 e. The molecular formula is C22H23N3O3S. The van der Waals surface area contributed by atoms with Gasteiger partial charge in [0.15, 0.2) is 0 Å². The Labute approximate surface area is 173 Å². The van der Waals surface area contributed by atoms with Gasteiger partial charge in [0.05, 0.1) is 25.3 Å². The Balaban J connectivity index is 1.38. The van der Waals surface area contributed by atoms with E-state index in [1.54, 1.807) is 35.6 Å². The Morgan fingerprint density at radius 2 is 1.97 bits per heavy atom. The number of morpholine rings is 1. The number of thiazole rings is 1. The maximum atomic E-state index is 12.3. The molecule has 29 heavy (non-hydrogen) atoms. The number of carbonyl (C=O) groups is 1. The van der Waals surface area contributed by atoms with Crippen LogP contribution in [-0.2, 0) is 22.5 Å². The molecule has 1 aliphatic heterocycles. The van der Waals surface area contributed by atoms with Gasteiger partial charge < -0.3 is 15.2 Å². The highest BCUT2D eigenvalue weighted by Gasteiger charge is 2.13. The SMILES string of the molecule is O=C(Cc1csc(-c2cccc(CN3CCOCC3)c2)n1)Nc1ccc(O)cc1. The van der Waals surface area contributed by atoms with Crippen molar-refractivity contribution in [1.29, 1.82) is 0 Å². The summed E-state index contributed by atoms with van der Waals surface area (Å²) in [5, 5.41) is 15.0. The van der Waals surface area contributed by atoms with Gasteiger partial charge in [0.1, 0.15) is 10.8 Å². The molecule has 2 aromatic carbocycles. The summed E-state index contributed by atoms with van der Waals surface area (Å²) in [7, 11) is 0. The number of phenolic OH excluding ortho intramolecular Hbond substituents is 1. The van der Waals surface area contributed by atoms with Gasteiger partial charge in [0.25, 0.3) is 0 Å². The summed E-state index contributed by atoms with van der Waals surface area (Å²) in [6.07, 6.45) is 0.213. The van der Waals surface area contributed by atoms with Gasteiger partial charge in [-0.25, -0.2) is 4.98 Å². The van der Waals surface area contributed by atoms with Gasteiger partial charge in [-0.1, -0.05) is 18.2 Å². The fourth-order valence-corrected chi connectivity index (χ4v) is 4.07. The van der Waals surface area contributed by atoms with E-state index in [0.29, 0.717) is 5.69 Å². The fraction of sp³-hybridized carbons (Fsp3) is 0.273. The van der Waals surface area contributed by atoms with E-state index in [0.717, 1.165) is 49.1 Å². The number of hydrogen-bond acceptors (Lipinski definition) is 6. The highest BCUT2D eigenvalue weighted by Crippen LogP contribution is 2.25. The molecular weight excluding hydrogens is 386 g/mol. The number of ether oxygens (including phenoxy) is 1. The van der Waals surface area contributed by atoms with E-state index in [1.807, 2.05) is 5.38 Å². The third kappa shape index (κ3) is 5.41. The third-order valence-corrected chi connectivity index (χ3v) is 5.67. The molecule has 0 unspecified atom stereocenters. The minimum atomic E-state index is -0.131. The fourth-order valence-electron chi connectivity index (χ4n) is 3.26. The van der Waals surface area contributed by atoms with Crippen molar-refractivity contribution >= 4 is 22.9 Å². The van der Waals surface area contributed by atoms with Crippen molar-refractivity contribution in [1.82, 2.24) is 9.88 Å². The number of nitrogens with one attached hydrogen (secondary N) is 1. The second kappa shape index (κ2) is 9.17. The van der Waals surface area contributed by atoms with Gasteiger partial charge in [0.2, 0.25) is 5.91 Å². The zero-order valence-corrected chi connectivity index (χ0v) is 16.8. The lowest BCUT2D eigenvalue weighted by Gasteiger charge is -2.26. The summed E-state index contributed by atoms with van der Waals surface area (Å²) in [6, 6.07) is 14.8. The molecule has 1 amide bonds. The molecule has 2 heterocycles. The molecule has 2 N–H and O–H groups in total. The van der Waals surface area contributed by atoms with Crippen LogP contribution in [0, 0.1) is 0 Å². The molecule has 0 spiro atoms. The van der Waals surface area contributed by atoms with Crippen molar-refractivity contribution in [3.63, 3.8) is 0 Å². The minimum absolute atomic E-state index is 0.131. The topological polar surface area (TPSA) is 74.7 Å². The van der Waals surface area contributed by atoms with Gasteiger partial charge in [-0.05, 0) is 35.9 Å². The maximum Gasteiger partial charge on any atom is 0.230 e. The number of anilines is 1. The number of aromatic hydroxyl groups is 1. The first-order chi connectivity index (χ1) is 14.2. The van der Waals surface area contributed by atoms with Crippen LogP contribution in [0.2, 0.25) is 0 Å². The van der Waals surface area contributed by atoms with Crippen LogP contribution in [0.15, 0.2) is 53.9 Å². The highest BCUT2D eigenvalue weighted by atomic mass is 32.1. The average molecular weight is 410 g/mol. The quantitative estimate of drug-likeness (QED) is 0.609. The number of amides is 1. The molecule has 0 atom stereocenters. The summed E-state index contributed by atoms with van der Waals surface area (Å²) < 4.78 is 5.41. The number of rotatable bonds is 6. The van der Waals surface area contributed by atoms with Gasteiger partial charge in [0, 0.05) is 36.3 Å². The van der Waals surface area contributed by atoms with E-state index in [2.05, 4.69) is 39.5 Å². The van der Waals surface area contributed by atoms with Crippen molar-refractivity contribution in [2.75, 3.05) is 31.6 Å². The van der Waals surface area contributed by atoms with Crippen molar-refractivity contribution in [3.8, 4) is 16.3 Å². The van der Waals surface area contributed by atoms with Crippen molar-refractivity contribution in [2.24, 2.45) is 0 Å². The zero-order valence-electron chi connectivity index (χ0n) is 16.0. The van der Waals surface area contributed by atoms with Crippen LogP contribution < -0.4 is 5.32 Å². The molecule has 150 valence electrons. The largest absolute Gasteiger partial charge is 0.508 e. The Bertz CT molecular complexity index is 965. The lowest BCUT2D eigenvalue weighted by molar-refractivity contribution is -0.115. The second-order valence-electron chi connectivity index (χ2n) is 7.00. The third-order valence-electron chi connectivity index (χ3n) is 4.73. The van der Waals surface area contributed by atoms with Gasteiger partial charge in [-0.15, -0.1) is 11.3 Å². The second-order valence-corrected chi connectivity index (χ2v) is 7.86. The minimum Gasteiger partial charge on any atom is -0.508 e. The lowest BCUT2D eigenvalue weighted by atomic mass is 10.1. The summed E-state index contributed by atoms with van der Waals surface area (Å²) in [5.74, 6) is 0.0385. The van der Waals surface area contributed by atoms with E-state index in [4.69, 9.17) is 4.74 Å². The summed E-state index contributed by atoms with van der Waals surface area (Å²) in [6.45, 7) is 4.41. The van der Waals surface area contributed by atoms with Crippen molar-refractivity contribution < 1.29 is 14.6 Å². The Morgan fingerprint density at radius 3 is 2.76 bits per heavy atom. The number of carbonyl (C=O) groups excluding carboxylic acids is 1. The van der Waals surface area contributed by atoms with Crippen LogP contribution in [0.1, 0.15) is 11.3 Å². The van der Waals surface area contributed by atoms with Gasteiger partial charge in [-0.2, -0.15) is 0 Å². The van der Waals surface area contributed by atoms with Crippen LogP contribution in [-0.4, -0.2) is 47.2 Å². The monoisotopic (exact) mass is 409 g/mol. The molecule has 0 aliphatic carbocycles. The Hall–Kier alpha value is -2.74. The van der Waals surface area contributed by atoms with E-state index >= 15 is 0 Å². The van der Waals surface area contributed by atoms with Crippen LogP contribution in [0.25, 0.3) is 10.6 Å². The summed E-state index contributed by atoms with van der Waals surface area (Å²) in [4.78, 5) is 19.3. The molecule has 0 saturated carbocycles. The van der Waals surface area contributed by atoms with Gasteiger partial charge >= 0.3 is 0 Å². The highest BCUT2D eigenvalue weighted by molar-refractivity contribution is 7.13. The molecule has 1 aromatic heterocycles. The first-order valence-electron chi connectivity index (χ1n) is 9.58. The molecule has 1 saturated heterocycles. The molecule has 0 radical (unpaired) electrons. The predicted molar refractivity (Wildman–Crippen MR) is 114 cm³/mol. The van der Waals surface area contributed by atoms with E-state index in [9.17, 15) is 9.90 Å². The average Bonchev–Trinajstić information content (AvgIpc) is 3.19. The van der Waals surface area contributed by atoms with E-state index < -0.39 is 0 Å². The molecule has 1 aliphatic rings. The van der Waals surface area contributed by atoms with Gasteiger partial charge in [-0.3, -0.25) is 9.69 Å². The zero-order chi connectivity index (χ0) is 20.1. The number of benzene rings is 2. The maximum absolute atomic E-state index is 12.3. The summed E-state index contributed by atoms with van der Waals surface area (Å²) >= 11 is 1.55. The molecule has 4 rings (SSSR count). The van der Waals surface area contributed by atoms with Crippen LogP contribution >= 0.6 is 11.3 Å². The van der Waals surface area contributed by atoms with Crippen LogP contribution in [0.5, 0.6) is 5.75 Å². The number of phenols is 1. The van der Waals surface area contributed by atoms with Crippen LogP contribution in [0.3, 0.4) is 0 Å². The predicted octanol–water partition coefficient (Wildman–Crippen LogP) is 3.53. The van der Waals surface area contributed by atoms with Crippen LogP contribution in [0.4, 0.5) is 5.69 Å². The molecule has 0 bridgehead atoms. The molecule has 3 aromatic rings. The molecule has 7 heteroatoms. The summed E-state index contributed by atoms with van der Waals surface area (Å²) in [5.41, 5.74) is 3.73. The lowest BCUT2D eigenvalue weighted by Crippen LogP contribution is -2.35. The standard InChI is InChI=1S/C22H23N3O3S/c26-20-6-4-18(5-7-20)23-21(27)13-19-15-29-22(24-19)17-3-1-2-16(12-17)14-25-8-10-28-11-9-25/h1-7,12,15,26H,8-11,13-14H2,(H,23,27). The van der Waals surface area contributed by atoms with E-state index in [-0.39, 0.29) is 18.1 Å². The first-order valence-corrected chi connectivity index (χ1v) is 10.5. The Morgan fingerprint density at radius 1 is 1.17 bits per heavy atom. The normalized spacial score (nSPS) is 14.6. The first kappa shape index (κ1) is 19.6. The van der Waals surface area contributed by atoms with Crippen molar-refractivity contribution in [3.05, 3.63) is 65.2 Å². The number of aromatic nitrogens is 1. The molecule has 1 fully saturated rings.